The van der Waals surface area contributed by atoms with Gasteiger partial charge in [-0.15, -0.1) is 0 Å². The van der Waals surface area contributed by atoms with E-state index in [-0.39, 0.29) is 17.4 Å². The molecule has 1 fully saturated rings. The number of H-pyrrole nitrogens is 1. The number of aryl methyl sites for hydroxylation is 1. The second-order valence-electron chi connectivity index (χ2n) is 8.12. The lowest BCUT2D eigenvalue weighted by Gasteiger charge is -2.18. The van der Waals surface area contributed by atoms with Crippen LogP contribution in [0.1, 0.15) is 37.4 Å². The van der Waals surface area contributed by atoms with E-state index in [1.54, 1.807) is 13.2 Å². The molecule has 0 spiro atoms. The van der Waals surface area contributed by atoms with Gasteiger partial charge >= 0.3 is 0 Å². The Hall–Kier alpha value is -3.09. The van der Waals surface area contributed by atoms with E-state index >= 15 is 0 Å². The predicted octanol–water partition coefficient (Wildman–Crippen LogP) is 2.98. The quantitative estimate of drug-likeness (QED) is 0.722. The number of fused-ring (bicyclic) bond motifs is 1. The maximum absolute atomic E-state index is 12.8. The van der Waals surface area contributed by atoms with Gasteiger partial charge in [0.1, 0.15) is 5.75 Å². The summed E-state index contributed by atoms with van der Waals surface area (Å²) in [7, 11) is 1.63. The third kappa shape index (κ3) is 3.52. The third-order valence-corrected chi connectivity index (χ3v) is 5.45. The van der Waals surface area contributed by atoms with E-state index in [4.69, 9.17) is 9.72 Å². The van der Waals surface area contributed by atoms with Crippen molar-refractivity contribution in [3.63, 3.8) is 0 Å². The van der Waals surface area contributed by atoms with Crippen molar-refractivity contribution in [3.8, 4) is 17.0 Å². The molecule has 7 heteroatoms. The number of benzene rings is 1. The van der Waals surface area contributed by atoms with Crippen molar-refractivity contribution in [2.75, 3.05) is 20.2 Å². The Labute approximate surface area is 169 Å². The zero-order valence-electron chi connectivity index (χ0n) is 17.2. The Balaban J connectivity index is 1.73. The van der Waals surface area contributed by atoms with Gasteiger partial charge in [-0.1, -0.05) is 26.0 Å². The van der Waals surface area contributed by atoms with Gasteiger partial charge < -0.3 is 9.64 Å². The topological polar surface area (TPSA) is 79.7 Å². The molecule has 3 aromatic rings. The van der Waals surface area contributed by atoms with Crippen molar-refractivity contribution in [2.24, 2.45) is 5.92 Å². The Kier molecular flexibility index (Phi) is 4.90. The minimum Gasteiger partial charge on any atom is -0.497 e. The highest BCUT2D eigenvalue weighted by atomic mass is 16.5. The van der Waals surface area contributed by atoms with Crippen LogP contribution in [0.4, 0.5) is 0 Å². The van der Waals surface area contributed by atoms with Gasteiger partial charge in [0.2, 0.25) is 5.91 Å². The summed E-state index contributed by atoms with van der Waals surface area (Å²) in [5, 5.41) is 3.17. The number of hydrogen-bond donors (Lipinski definition) is 1. The average Bonchev–Trinajstić information content (AvgIpc) is 3.22. The van der Waals surface area contributed by atoms with E-state index in [0.29, 0.717) is 30.2 Å². The van der Waals surface area contributed by atoms with E-state index in [1.165, 1.54) is 4.52 Å². The van der Waals surface area contributed by atoms with Crippen molar-refractivity contribution >= 4 is 11.6 Å². The summed E-state index contributed by atoms with van der Waals surface area (Å²) in [5.41, 5.74) is 3.76. The second-order valence-corrected chi connectivity index (χ2v) is 8.12. The summed E-state index contributed by atoms with van der Waals surface area (Å²) >= 11 is 0. The van der Waals surface area contributed by atoms with E-state index < -0.39 is 0 Å². The molecule has 29 heavy (non-hydrogen) atoms. The highest BCUT2D eigenvalue weighted by Gasteiger charge is 2.32. The molecule has 0 unspecified atom stereocenters. The number of carbonyl (C=O) groups is 1. The monoisotopic (exact) mass is 394 g/mol. The zero-order valence-corrected chi connectivity index (χ0v) is 17.2. The first-order valence-corrected chi connectivity index (χ1v) is 9.92. The van der Waals surface area contributed by atoms with Crippen LogP contribution in [0.5, 0.6) is 5.75 Å². The van der Waals surface area contributed by atoms with E-state index in [0.717, 1.165) is 29.1 Å². The molecule has 7 nitrogen and oxygen atoms in total. The van der Waals surface area contributed by atoms with Crippen LogP contribution in [0.15, 0.2) is 35.1 Å². The Morgan fingerprint density at radius 1 is 1.28 bits per heavy atom. The molecule has 1 amide bonds. The summed E-state index contributed by atoms with van der Waals surface area (Å²) < 4.78 is 6.78. The highest BCUT2D eigenvalue weighted by Crippen LogP contribution is 2.30. The van der Waals surface area contributed by atoms with Crippen LogP contribution in [0.25, 0.3) is 16.9 Å². The van der Waals surface area contributed by atoms with Crippen LogP contribution in [-0.2, 0) is 4.79 Å². The highest BCUT2D eigenvalue weighted by molar-refractivity contribution is 5.79. The van der Waals surface area contributed by atoms with Crippen LogP contribution in [0, 0.1) is 12.8 Å². The molecule has 1 N–H and O–H groups in total. The SMILES string of the molecule is COc1cccc(-c2[nH]n3c(=O)cc([C@H]4CC(=O)N(CC(C)C)C4)nc3c2C)c1. The fourth-order valence-electron chi connectivity index (χ4n) is 4.02. The summed E-state index contributed by atoms with van der Waals surface area (Å²) in [6, 6.07) is 9.22. The molecule has 1 aromatic carbocycles. The van der Waals surface area contributed by atoms with Gasteiger partial charge in [-0.3, -0.25) is 14.7 Å². The number of amides is 1. The Morgan fingerprint density at radius 2 is 2.07 bits per heavy atom. The molecule has 0 bridgehead atoms. The molecule has 1 atom stereocenters. The van der Waals surface area contributed by atoms with Gasteiger partial charge in [0.05, 0.1) is 18.5 Å². The van der Waals surface area contributed by atoms with Crippen LogP contribution in [0.3, 0.4) is 0 Å². The number of aromatic nitrogens is 3. The largest absolute Gasteiger partial charge is 0.497 e. The van der Waals surface area contributed by atoms with Crippen molar-refractivity contribution in [2.45, 2.75) is 33.1 Å². The van der Waals surface area contributed by atoms with Crippen molar-refractivity contribution in [1.82, 2.24) is 19.5 Å². The molecule has 3 heterocycles. The normalized spacial score (nSPS) is 16.9. The number of likely N-dealkylation sites (tertiary alicyclic amines) is 1. The zero-order chi connectivity index (χ0) is 20.7. The summed E-state index contributed by atoms with van der Waals surface area (Å²) in [6.45, 7) is 7.49. The molecule has 4 rings (SSSR count). The fraction of sp³-hybridized carbons (Fsp3) is 0.409. The van der Waals surface area contributed by atoms with Gasteiger partial charge in [0, 0.05) is 42.6 Å². The van der Waals surface area contributed by atoms with Crippen molar-refractivity contribution in [3.05, 3.63) is 51.9 Å². The van der Waals surface area contributed by atoms with E-state index in [2.05, 4.69) is 18.9 Å². The van der Waals surface area contributed by atoms with Crippen LogP contribution >= 0.6 is 0 Å². The van der Waals surface area contributed by atoms with Crippen LogP contribution in [0.2, 0.25) is 0 Å². The van der Waals surface area contributed by atoms with E-state index in [1.807, 2.05) is 36.1 Å². The lowest BCUT2D eigenvalue weighted by atomic mass is 10.0. The molecule has 0 aliphatic carbocycles. The summed E-state index contributed by atoms with van der Waals surface area (Å²) in [4.78, 5) is 31.8. The molecular formula is C22H26N4O3. The number of ether oxygens (including phenoxy) is 1. The molecule has 1 saturated heterocycles. The number of aromatic amines is 1. The molecule has 1 aliphatic rings. The Morgan fingerprint density at radius 3 is 2.79 bits per heavy atom. The molecule has 2 aromatic heterocycles. The number of carbonyl (C=O) groups excluding carboxylic acids is 1. The number of hydrogen-bond acceptors (Lipinski definition) is 4. The van der Waals surface area contributed by atoms with Crippen LogP contribution in [-0.4, -0.2) is 45.6 Å². The number of nitrogens with zero attached hydrogens (tertiary/aromatic N) is 3. The first kappa shape index (κ1) is 19.2. The van der Waals surface area contributed by atoms with Gasteiger partial charge in [0.15, 0.2) is 5.65 Å². The number of rotatable bonds is 5. The summed E-state index contributed by atoms with van der Waals surface area (Å²) in [5.74, 6) is 1.24. The molecular weight excluding hydrogens is 368 g/mol. The molecule has 0 radical (unpaired) electrons. The minimum atomic E-state index is -0.169. The van der Waals surface area contributed by atoms with Gasteiger partial charge in [-0.25, -0.2) is 9.50 Å². The van der Waals surface area contributed by atoms with Crippen molar-refractivity contribution in [1.29, 1.82) is 0 Å². The second kappa shape index (κ2) is 7.39. The van der Waals surface area contributed by atoms with E-state index in [9.17, 15) is 9.59 Å². The lowest BCUT2D eigenvalue weighted by Crippen LogP contribution is -2.29. The predicted molar refractivity (Wildman–Crippen MR) is 111 cm³/mol. The third-order valence-electron chi connectivity index (χ3n) is 5.45. The number of methoxy groups -OCH3 is 1. The van der Waals surface area contributed by atoms with Crippen molar-refractivity contribution < 1.29 is 9.53 Å². The molecule has 0 saturated carbocycles. The van der Waals surface area contributed by atoms with Gasteiger partial charge in [0.25, 0.3) is 5.56 Å². The maximum Gasteiger partial charge on any atom is 0.272 e. The minimum absolute atomic E-state index is 0.0477. The first-order valence-electron chi connectivity index (χ1n) is 9.92. The average molecular weight is 394 g/mol. The molecule has 152 valence electrons. The standard InChI is InChI=1S/C22H26N4O3/c1-13(2)11-25-12-16(9-19(25)27)18-10-20(28)26-22(23-18)14(3)21(24-26)15-6-5-7-17(8-15)29-4/h5-8,10,13,16,24H,9,11-12H2,1-4H3/t16-/m0/s1. The lowest BCUT2D eigenvalue weighted by molar-refractivity contribution is -0.128. The smallest absolute Gasteiger partial charge is 0.272 e. The van der Waals surface area contributed by atoms with Gasteiger partial charge in [-0.05, 0) is 25.0 Å². The first-order chi connectivity index (χ1) is 13.9. The van der Waals surface area contributed by atoms with Gasteiger partial charge in [-0.2, -0.15) is 0 Å². The van der Waals surface area contributed by atoms with Crippen LogP contribution < -0.4 is 10.3 Å². The number of nitrogens with one attached hydrogen (secondary N) is 1. The molecule has 1 aliphatic heterocycles. The summed E-state index contributed by atoms with van der Waals surface area (Å²) in [6.07, 6.45) is 0.404. The Bertz CT molecular complexity index is 1130. The maximum atomic E-state index is 12.8. The fourth-order valence-corrected chi connectivity index (χ4v) is 4.02.